The topological polar surface area (TPSA) is 62.4 Å². The first kappa shape index (κ1) is 14.6. The first-order chi connectivity index (χ1) is 10.5. The van der Waals surface area contributed by atoms with E-state index in [4.69, 9.17) is 27.9 Å². The van der Waals surface area contributed by atoms with Gasteiger partial charge in [-0.1, -0.05) is 23.2 Å². The predicted octanol–water partition coefficient (Wildman–Crippen LogP) is 4.91. The van der Waals surface area contributed by atoms with Gasteiger partial charge < -0.3 is 20.7 Å². The highest BCUT2D eigenvalue weighted by Crippen LogP contribution is 2.35. The Hall–Kier alpha value is -2.37. The number of halogens is 2. The van der Waals surface area contributed by atoms with E-state index in [2.05, 4.69) is 22.5 Å². The Balaban J connectivity index is 1.69. The molecule has 0 atom stereocenters. The third-order valence-corrected chi connectivity index (χ3v) is 3.30. The van der Waals surface area contributed by atoms with Gasteiger partial charge in [0.25, 0.3) is 0 Å². The molecule has 3 rings (SSSR count). The van der Waals surface area contributed by atoms with E-state index in [1.807, 2.05) is 0 Å². The van der Waals surface area contributed by atoms with Crippen molar-refractivity contribution in [1.82, 2.24) is 0 Å². The fourth-order valence-corrected chi connectivity index (χ4v) is 2.54. The number of hydrogen-bond acceptors (Lipinski definition) is 3. The highest BCUT2D eigenvalue weighted by Gasteiger charge is 2.15. The summed E-state index contributed by atoms with van der Waals surface area (Å²) in [5.41, 5.74) is 1.89. The molecule has 3 N–H and O–H groups in total. The number of anilines is 3. The summed E-state index contributed by atoms with van der Waals surface area (Å²) in [6, 6.07) is 9.62. The van der Waals surface area contributed by atoms with Crippen LogP contribution in [0.15, 0.2) is 48.9 Å². The maximum atomic E-state index is 12.0. The number of ether oxygens (including phenoxy) is 1. The molecule has 22 heavy (non-hydrogen) atoms. The van der Waals surface area contributed by atoms with Crippen LogP contribution in [0, 0.1) is 0 Å². The molecule has 2 aromatic rings. The minimum Gasteiger partial charge on any atom is -0.439 e. The minimum absolute atomic E-state index is 0.414. The van der Waals surface area contributed by atoms with E-state index < -0.39 is 6.03 Å². The van der Waals surface area contributed by atoms with Crippen LogP contribution in [-0.4, -0.2) is 6.03 Å². The van der Waals surface area contributed by atoms with E-state index in [0.29, 0.717) is 33.1 Å². The van der Waals surface area contributed by atoms with Gasteiger partial charge in [-0.3, -0.25) is 0 Å². The predicted molar refractivity (Wildman–Crippen MR) is 88.9 cm³/mol. The molecule has 0 fully saturated rings. The van der Waals surface area contributed by atoms with Gasteiger partial charge in [-0.2, -0.15) is 0 Å². The molecule has 0 aliphatic carbocycles. The monoisotopic (exact) mass is 335 g/mol. The van der Waals surface area contributed by atoms with E-state index in [9.17, 15) is 4.79 Å². The van der Waals surface area contributed by atoms with E-state index >= 15 is 0 Å². The summed E-state index contributed by atoms with van der Waals surface area (Å²) < 4.78 is 5.37. The molecule has 2 amide bonds. The van der Waals surface area contributed by atoms with Gasteiger partial charge in [0.15, 0.2) is 11.6 Å². The van der Waals surface area contributed by atoms with Crippen LogP contribution in [0.5, 0.6) is 5.75 Å². The van der Waals surface area contributed by atoms with Crippen molar-refractivity contribution >= 4 is 46.3 Å². The number of fused-ring (bicyclic) bond motifs is 1. The average Bonchev–Trinajstić information content (AvgIpc) is 2.76. The summed E-state index contributed by atoms with van der Waals surface area (Å²) >= 11 is 11.8. The van der Waals surface area contributed by atoms with Gasteiger partial charge >= 0.3 is 6.03 Å². The van der Waals surface area contributed by atoms with E-state index in [1.54, 1.807) is 36.4 Å². The Morgan fingerprint density at radius 3 is 2.45 bits per heavy atom. The van der Waals surface area contributed by atoms with Gasteiger partial charge in [-0.25, -0.2) is 4.79 Å². The van der Waals surface area contributed by atoms with Crippen LogP contribution in [0.2, 0.25) is 10.0 Å². The molecular weight excluding hydrogens is 325 g/mol. The molecule has 0 saturated carbocycles. The molecule has 0 spiro atoms. The van der Waals surface area contributed by atoms with Crippen molar-refractivity contribution in [1.29, 1.82) is 0 Å². The van der Waals surface area contributed by atoms with Crippen molar-refractivity contribution in [2.24, 2.45) is 0 Å². The van der Waals surface area contributed by atoms with E-state index in [1.165, 1.54) is 0 Å². The van der Waals surface area contributed by atoms with Crippen molar-refractivity contribution in [2.75, 3.05) is 16.0 Å². The normalized spacial score (nSPS) is 12.2. The molecule has 0 bridgehead atoms. The maximum absolute atomic E-state index is 12.0. The fraction of sp³-hybridized carbons (Fsp3) is 0. The fourth-order valence-electron chi connectivity index (χ4n) is 2.02. The Morgan fingerprint density at radius 2 is 1.73 bits per heavy atom. The molecule has 1 aliphatic rings. The summed E-state index contributed by atoms with van der Waals surface area (Å²) in [5, 5.41) is 9.20. The van der Waals surface area contributed by atoms with Gasteiger partial charge in [-0.15, -0.1) is 0 Å². The Morgan fingerprint density at radius 1 is 1.05 bits per heavy atom. The molecular formula is C15H11Cl2N3O2. The van der Waals surface area contributed by atoms with Gasteiger partial charge in [0.2, 0.25) is 0 Å². The number of carbonyl (C=O) groups excluding carboxylic acids is 1. The summed E-state index contributed by atoms with van der Waals surface area (Å²) in [6.45, 7) is 3.67. The molecule has 5 nitrogen and oxygen atoms in total. The molecule has 1 aliphatic heterocycles. The SMILES string of the molecule is C=C1Nc2ccc(NC(=O)Nc3cc(Cl)cc(Cl)c3)cc2O1. The van der Waals surface area contributed by atoms with Crippen molar-refractivity contribution in [3.63, 3.8) is 0 Å². The summed E-state index contributed by atoms with van der Waals surface area (Å²) in [6.07, 6.45) is 0. The second-order valence-corrected chi connectivity index (χ2v) is 5.47. The van der Waals surface area contributed by atoms with Crippen LogP contribution in [0.1, 0.15) is 0 Å². The van der Waals surface area contributed by atoms with Crippen LogP contribution >= 0.6 is 23.2 Å². The second-order valence-electron chi connectivity index (χ2n) is 4.60. The zero-order chi connectivity index (χ0) is 15.7. The molecule has 0 unspecified atom stereocenters. The first-order valence-electron chi connectivity index (χ1n) is 6.31. The number of carbonyl (C=O) groups is 1. The van der Waals surface area contributed by atoms with E-state index in [-0.39, 0.29) is 0 Å². The largest absolute Gasteiger partial charge is 0.439 e. The molecule has 0 radical (unpaired) electrons. The van der Waals surface area contributed by atoms with Crippen molar-refractivity contribution in [3.05, 3.63) is 58.9 Å². The second kappa shape index (κ2) is 5.79. The van der Waals surface area contributed by atoms with Crippen LogP contribution in [0.4, 0.5) is 21.9 Å². The highest BCUT2D eigenvalue weighted by molar-refractivity contribution is 6.35. The van der Waals surface area contributed by atoms with Gasteiger partial charge in [0.05, 0.1) is 5.69 Å². The number of urea groups is 1. The lowest BCUT2D eigenvalue weighted by Gasteiger charge is -2.09. The Labute approximate surface area is 136 Å². The molecule has 0 aromatic heterocycles. The van der Waals surface area contributed by atoms with Crippen molar-refractivity contribution in [3.8, 4) is 5.75 Å². The first-order valence-corrected chi connectivity index (χ1v) is 7.07. The molecule has 7 heteroatoms. The highest BCUT2D eigenvalue weighted by atomic mass is 35.5. The average molecular weight is 336 g/mol. The molecule has 0 saturated heterocycles. The van der Waals surface area contributed by atoms with Crippen LogP contribution in [0.25, 0.3) is 0 Å². The van der Waals surface area contributed by atoms with Crippen LogP contribution in [0.3, 0.4) is 0 Å². The van der Waals surface area contributed by atoms with Gasteiger partial charge in [0.1, 0.15) is 0 Å². The quantitative estimate of drug-likeness (QED) is 0.730. The third-order valence-electron chi connectivity index (χ3n) is 2.87. The minimum atomic E-state index is -0.414. The lowest BCUT2D eigenvalue weighted by molar-refractivity contribution is 0.262. The summed E-state index contributed by atoms with van der Waals surface area (Å²) in [4.78, 5) is 12.0. The number of amides is 2. The van der Waals surface area contributed by atoms with Crippen LogP contribution < -0.4 is 20.7 Å². The number of hydrogen-bond donors (Lipinski definition) is 3. The number of rotatable bonds is 2. The zero-order valence-electron chi connectivity index (χ0n) is 11.2. The zero-order valence-corrected chi connectivity index (χ0v) is 12.8. The third kappa shape index (κ3) is 3.27. The van der Waals surface area contributed by atoms with Crippen LogP contribution in [-0.2, 0) is 0 Å². The van der Waals surface area contributed by atoms with Crippen molar-refractivity contribution < 1.29 is 9.53 Å². The van der Waals surface area contributed by atoms with Gasteiger partial charge in [-0.05, 0) is 36.9 Å². The smallest absolute Gasteiger partial charge is 0.323 e. The van der Waals surface area contributed by atoms with Crippen molar-refractivity contribution in [2.45, 2.75) is 0 Å². The Bertz CT molecular complexity index is 757. The van der Waals surface area contributed by atoms with Gasteiger partial charge in [0, 0.05) is 27.5 Å². The summed E-state index contributed by atoms with van der Waals surface area (Å²) in [7, 11) is 0. The lowest BCUT2D eigenvalue weighted by Crippen LogP contribution is -2.19. The standard InChI is InChI=1S/C15H11Cl2N3O2/c1-8-18-13-3-2-11(7-14(13)22-8)19-15(21)20-12-5-9(16)4-10(17)6-12/h2-7,18H,1H2,(H2,19,20,21). The lowest BCUT2D eigenvalue weighted by atomic mass is 10.2. The number of nitrogens with one attached hydrogen (secondary N) is 3. The molecule has 2 aromatic carbocycles. The Kier molecular flexibility index (Phi) is 3.83. The molecule has 1 heterocycles. The maximum Gasteiger partial charge on any atom is 0.323 e. The van der Waals surface area contributed by atoms with E-state index in [0.717, 1.165) is 5.69 Å². The summed E-state index contributed by atoms with van der Waals surface area (Å²) in [5.74, 6) is 1.05. The number of benzene rings is 2. The molecule has 112 valence electrons.